The molecule has 1 aliphatic heterocycles. The summed E-state index contributed by atoms with van der Waals surface area (Å²) >= 11 is 0. The number of nitrogens with zero attached hydrogens (tertiary/aromatic N) is 4. The summed E-state index contributed by atoms with van der Waals surface area (Å²) in [7, 11) is -1.69. The predicted molar refractivity (Wildman–Crippen MR) is 191 cm³/mol. The Morgan fingerprint density at radius 1 is 1.10 bits per heavy atom. The third kappa shape index (κ3) is 6.33. The molecule has 0 amide bonds. The van der Waals surface area contributed by atoms with E-state index in [0.29, 0.717) is 63.9 Å². The van der Waals surface area contributed by atoms with Crippen LogP contribution in [0.1, 0.15) is 66.7 Å². The van der Waals surface area contributed by atoms with E-state index in [1.165, 1.54) is 3.97 Å². The summed E-state index contributed by atoms with van der Waals surface area (Å²) < 4.78 is 34.8. The van der Waals surface area contributed by atoms with Gasteiger partial charge < -0.3 is 19.5 Å². The van der Waals surface area contributed by atoms with Gasteiger partial charge in [0.1, 0.15) is 11.6 Å². The quantitative estimate of drug-likeness (QED) is 0.152. The van der Waals surface area contributed by atoms with Crippen LogP contribution in [0.25, 0.3) is 22.0 Å². The van der Waals surface area contributed by atoms with Gasteiger partial charge in [-0.2, -0.15) is 0 Å². The molecular weight excluding hydrogens is 627 g/mol. The Morgan fingerprint density at radius 2 is 1.83 bits per heavy atom. The number of allylic oxidation sites excluding steroid dienone is 1. The van der Waals surface area contributed by atoms with Crippen molar-refractivity contribution in [3.63, 3.8) is 0 Å². The topological polar surface area (TPSA) is 118 Å². The van der Waals surface area contributed by atoms with Gasteiger partial charge in [-0.15, -0.1) is 6.58 Å². The summed E-state index contributed by atoms with van der Waals surface area (Å²) in [5.74, 6) is 1.16. The van der Waals surface area contributed by atoms with Crippen LogP contribution in [0.15, 0.2) is 60.2 Å². The van der Waals surface area contributed by atoms with Crippen molar-refractivity contribution < 1.29 is 17.9 Å². The first-order valence-electron chi connectivity index (χ1n) is 16.7. The highest BCUT2D eigenvalue weighted by molar-refractivity contribution is 7.91. The number of likely N-dealkylation sites (N-methyl/N-ethyl adjacent to an activating group) is 1. The Bertz CT molecular complexity index is 2030. The number of carbonyl (C=O) groups is 1. The number of fused-ring (bicyclic) bond motifs is 1. The molecule has 1 N–H and O–H groups in total. The minimum Gasteiger partial charge on any atom is -0.490 e. The second-order valence-electron chi connectivity index (χ2n) is 13.6. The van der Waals surface area contributed by atoms with Gasteiger partial charge in [0.25, 0.3) is 5.56 Å². The molecule has 48 heavy (non-hydrogen) atoms. The standard InChI is InChI=1S/C37H45N5O5S/c1-7-12-37(13-14-37)48(45,46)42-23-25(4)35-30(32(43)10-9-29-33(47-24(2)3)19-26(5)39-36(29)44)20-28(21-31(35)42)27-8-11-34(38-22-27)41-17-15-40(6)16-18-41/h7-8,11,19-24H,1,9-10,12-18H2,2-6H3,(H,39,44). The number of aryl methyl sites for hydroxylation is 2. The zero-order chi connectivity index (χ0) is 34.4. The zero-order valence-corrected chi connectivity index (χ0v) is 29.3. The van der Waals surface area contributed by atoms with Crippen molar-refractivity contribution >= 4 is 32.5 Å². The molecular formula is C37H45N5O5S. The molecule has 0 unspecified atom stereocenters. The monoisotopic (exact) mass is 671 g/mol. The van der Waals surface area contributed by atoms with Crippen molar-refractivity contribution in [1.29, 1.82) is 0 Å². The number of hydrogen-bond acceptors (Lipinski definition) is 8. The van der Waals surface area contributed by atoms with Gasteiger partial charge >= 0.3 is 0 Å². The predicted octanol–water partition coefficient (Wildman–Crippen LogP) is 5.65. The average Bonchev–Trinajstić information content (AvgIpc) is 3.76. The molecule has 2 fully saturated rings. The van der Waals surface area contributed by atoms with Gasteiger partial charge in [-0.05, 0) is 102 Å². The van der Waals surface area contributed by atoms with Crippen LogP contribution in [0.2, 0.25) is 0 Å². The first-order valence-corrected chi connectivity index (χ1v) is 18.1. The van der Waals surface area contributed by atoms with Crippen molar-refractivity contribution in [3.8, 4) is 16.9 Å². The summed E-state index contributed by atoms with van der Waals surface area (Å²) in [4.78, 5) is 39.3. The fourth-order valence-corrected chi connectivity index (χ4v) is 8.79. The molecule has 1 saturated heterocycles. The van der Waals surface area contributed by atoms with Crippen LogP contribution < -0.4 is 15.2 Å². The molecule has 2 aliphatic rings. The molecule has 0 atom stereocenters. The Hall–Kier alpha value is -4.22. The number of anilines is 1. The Morgan fingerprint density at radius 3 is 2.46 bits per heavy atom. The van der Waals surface area contributed by atoms with Crippen LogP contribution in [0.5, 0.6) is 5.75 Å². The van der Waals surface area contributed by atoms with E-state index in [2.05, 4.69) is 28.4 Å². The Balaban J connectivity index is 1.43. The SMILES string of the molecule is C=CCC1(S(=O)(=O)n2cc(C)c3c(C(=O)CCc4c(OC(C)C)cc(C)[nH]c4=O)cc(-c4ccc(N5CCN(C)CC5)nc4)cc32)CC1. The van der Waals surface area contributed by atoms with Crippen molar-refractivity contribution in [2.24, 2.45) is 0 Å². The largest absolute Gasteiger partial charge is 0.490 e. The third-order valence-corrected chi connectivity index (χ3v) is 12.1. The summed E-state index contributed by atoms with van der Waals surface area (Å²) in [5.41, 5.74) is 3.85. The molecule has 1 aliphatic carbocycles. The molecule has 4 aromatic rings. The Labute approximate surface area is 282 Å². The number of benzene rings is 1. The fraction of sp³-hybridized carbons (Fsp3) is 0.432. The lowest BCUT2D eigenvalue weighted by Gasteiger charge is -2.33. The maximum absolute atomic E-state index is 14.2. The van der Waals surface area contributed by atoms with E-state index in [1.54, 1.807) is 31.5 Å². The van der Waals surface area contributed by atoms with Crippen LogP contribution in [-0.2, 0) is 16.4 Å². The highest BCUT2D eigenvalue weighted by Crippen LogP contribution is 2.49. The number of pyridine rings is 2. The van der Waals surface area contributed by atoms with Gasteiger partial charge in [0.15, 0.2) is 5.78 Å². The van der Waals surface area contributed by atoms with Gasteiger partial charge in [-0.1, -0.05) is 6.08 Å². The van der Waals surface area contributed by atoms with Crippen molar-refractivity contribution in [2.45, 2.75) is 70.7 Å². The highest BCUT2D eigenvalue weighted by atomic mass is 32.2. The molecule has 10 nitrogen and oxygen atoms in total. The molecule has 0 radical (unpaired) electrons. The molecule has 0 bridgehead atoms. The number of Topliss-reactive ketones (excluding diaryl/α,β-unsaturated/α-hetero) is 1. The normalized spacial score (nSPS) is 16.4. The van der Waals surface area contributed by atoms with Crippen molar-refractivity contribution in [1.82, 2.24) is 18.8 Å². The van der Waals surface area contributed by atoms with Gasteiger partial charge in [-0.25, -0.2) is 17.4 Å². The molecule has 1 aromatic carbocycles. The van der Waals surface area contributed by atoms with E-state index < -0.39 is 14.8 Å². The van der Waals surface area contributed by atoms with Gasteiger partial charge in [0, 0.05) is 67.2 Å². The molecule has 4 heterocycles. The van der Waals surface area contributed by atoms with E-state index in [4.69, 9.17) is 9.72 Å². The number of rotatable bonds is 12. The summed E-state index contributed by atoms with van der Waals surface area (Å²) in [5, 5.41) is 0.597. The number of aromatic amines is 1. The molecule has 1 saturated carbocycles. The number of nitrogens with one attached hydrogen (secondary N) is 1. The molecule has 254 valence electrons. The molecule has 0 spiro atoms. The van der Waals surface area contributed by atoms with Crippen LogP contribution in [0.4, 0.5) is 5.82 Å². The summed E-state index contributed by atoms with van der Waals surface area (Å²) in [6, 6.07) is 9.43. The van der Waals surface area contributed by atoms with Gasteiger partial charge in [-0.3, -0.25) is 9.59 Å². The lowest BCUT2D eigenvalue weighted by molar-refractivity contribution is 0.0984. The first-order chi connectivity index (χ1) is 22.8. The number of carbonyl (C=O) groups excluding carboxylic acids is 1. The van der Waals surface area contributed by atoms with Crippen LogP contribution in [0, 0.1) is 13.8 Å². The third-order valence-electron chi connectivity index (χ3n) is 9.59. The molecule has 11 heteroatoms. The number of hydrogen-bond donors (Lipinski definition) is 1. The lowest BCUT2D eigenvalue weighted by atomic mass is 9.94. The smallest absolute Gasteiger partial charge is 0.255 e. The number of aromatic nitrogens is 3. The van der Waals surface area contributed by atoms with Crippen molar-refractivity contribution in [3.05, 3.63) is 88.1 Å². The molecule has 3 aromatic heterocycles. The fourth-order valence-electron chi connectivity index (χ4n) is 6.72. The maximum Gasteiger partial charge on any atom is 0.255 e. The summed E-state index contributed by atoms with van der Waals surface area (Å²) in [6.07, 6.45) is 6.65. The summed E-state index contributed by atoms with van der Waals surface area (Å²) in [6.45, 7) is 14.9. The van der Waals surface area contributed by atoms with Crippen LogP contribution >= 0.6 is 0 Å². The van der Waals surface area contributed by atoms with E-state index in [9.17, 15) is 18.0 Å². The van der Waals surface area contributed by atoms with E-state index in [-0.39, 0.29) is 30.3 Å². The maximum atomic E-state index is 14.2. The second kappa shape index (κ2) is 13.0. The molecule has 6 rings (SSSR count). The first kappa shape index (κ1) is 33.7. The number of H-pyrrole nitrogens is 1. The van der Waals surface area contributed by atoms with E-state index in [1.807, 2.05) is 45.0 Å². The van der Waals surface area contributed by atoms with Crippen LogP contribution in [0.3, 0.4) is 0 Å². The van der Waals surface area contributed by atoms with Gasteiger partial charge in [0.2, 0.25) is 10.0 Å². The van der Waals surface area contributed by atoms with Crippen molar-refractivity contribution in [2.75, 3.05) is 38.1 Å². The van der Waals surface area contributed by atoms with E-state index in [0.717, 1.165) is 37.6 Å². The van der Waals surface area contributed by atoms with Gasteiger partial charge in [0.05, 0.1) is 21.9 Å². The number of ketones is 1. The highest BCUT2D eigenvalue weighted by Gasteiger charge is 2.54. The van der Waals surface area contributed by atoms with E-state index >= 15 is 0 Å². The second-order valence-corrected chi connectivity index (χ2v) is 15.8. The number of ether oxygens (including phenoxy) is 1. The zero-order valence-electron chi connectivity index (χ0n) is 28.5. The minimum absolute atomic E-state index is 0.0392. The number of piperazine rings is 1. The Kier molecular flexibility index (Phi) is 9.12. The lowest BCUT2D eigenvalue weighted by Crippen LogP contribution is -2.44. The average molecular weight is 672 g/mol. The van der Waals surface area contributed by atoms with Crippen LogP contribution in [-0.4, -0.2) is 77.1 Å². The minimum atomic E-state index is -3.80.